The van der Waals surface area contributed by atoms with Crippen LogP contribution in [0.5, 0.6) is 0 Å². The zero-order chi connectivity index (χ0) is 11.1. The minimum Gasteiger partial charge on any atom is -0.390 e. The van der Waals surface area contributed by atoms with Gasteiger partial charge in [-0.25, -0.2) is 4.39 Å². The van der Waals surface area contributed by atoms with Crippen molar-refractivity contribution in [3.63, 3.8) is 0 Å². The molecule has 0 heterocycles. The molecule has 1 aliphatic carbocycles. The van der Waals surface area contributed by atoms with Crippen LogP contribution >= 0.6 is 15.9 Å². The van der Waals surface area contributed by atoms with E-state index < -0.39 is 5.60 Å². The van der Waals surface area contributed by atoms with Gasteiger partial charge in [0.05, 0.1) is 10.1 Å². The lowest BCUT2D eigenvalue weighted by atomic mass is 9.69. The Bertz CT molecular complexity index is 372. The summed E-state index contributed by atoms with van der Waals surface area (Å²) in [7, 11) is 0. The SMILES string of the molecule is CC1CC(O)(Cc2ccc(F)c(Br)c2)C1. The molecule has 15 heavy (non-hydrogen) atoms. The normalized spacial score (nSPS) is 30.0. The summed E-state index contributed by atoms with van der Waals surface area (Å²) < 4.78 is 13.4. The van der Waals surface area contributed by atoms with E-state index in [0.29, 0.717) is 16.8 Å². The molecule has 3 heteroatoms. The van der Waals surface area contributed by atoms with Crippen LogP contribution in [0, 0.1) is 11.7 Å². The van der Waals surface area contributed by atoms with Crippen molar-refractivity contribution in [2.75, 3.05) is 0 Å². The zero-order valence-electron chi connectivity index (χ0n) is 8.63. The van der Waals surface area contributed by atoms with Gasteiger partial charge in [0.1, 0.15) is 5.82 Å². The molecule has 0 atom stereocenters. The second-order valence-electron chi connectivity index (χ2n) is 4.66. The molecule has 1 nitrogen and oxygen atoms in total. The summed E-state index contributed by atoms with van der Waals surface area (Å²) in [5.74, 6) is 0.353. The first-order chi connectivity index (χ1) is 6.98. The minimum absolute atomic E-state index is 0.257. The van der Waals surface area contributed by atoms with E-state index in [0.717, 1.165) is 18.4 Å². The number of benzene rings is 1. The minimum atomic E-state index is -0.559. The molecule has 2 rings (SSSR count). The van der Waals surface area contributed by atoms with Crippen molar-refractivity contribution >= 4 is 15.9 Å². The molecular formula is C12H14BrFO. The summed E-state index contributed by atoms with van der Waals surface area (Å²) in [4.78, 5) is 0. The maximum atomic E-state index is 13.0. The van der Waals surface area contributed by atoms with Gasteiger partial charge < -0.3 is 5.11 Å². The Morgan fingerprint density at radius 3 is 2.73 bits per heavy atom. The molecular weight excluding hydrogens is 259 g/mol. The summed E-state index contributed by atoms with van der Waals surface area (Å²) in [6.07, 6.45) is 2.32. The van der Waals surface area contributed by atoms with E-state index in [1.165, 1.54) is 6.07 Å². The van der Waals surface area contributed by atoms with E-state index >= 15 is 0 Å². The second-order valence-corrected chi connectivity index (χ2v) is 5.52. The Balaban J connectivity index is 2.08. The highest BCUT2D eigenvalue weighted by atomic mass is 79.9. The van der Waals surface area contributed by atoms with Crippen LogP contribution in [0.25, 0.3) is 0 Å². The molecule has 1 N–H and O–H groups in total. The molecule has 0 aromatic heterocycles. The number of hydrogen-bond acceptors (Lipinski definition) is 1. The molecule has 1 aromatic carbocycles. The van der Waals surface area contributed by atoms with E-state index in [2.05, 4.69) is 22.9 Å². The number of halogens is 2. The molecule has 0 bridgehead atoms. The van der Waals surface area contributed by atoms with Gasteiger partial charge in [0.2, 0.25) is 0 Å². The molecule has 1 aliphatic rings. The summed E-state index contributed by atoms with van der Waals surface area (Å²) in [5, 5.41) is 10.1. The van der Waals surface area contributed by atoms with E-state index in [1.807, 2.05) is 0 Å². The highest BCUT2D eigenvalue weighted by Gasteiger charge is 2.39. The molecule has 0 amide bonds. The fourth-order valence-corrected chi connectivity index (χ4v) is 2.84. The van der Waals surface area contributed by atoms with Crippen molar-refractivity contribution in [2.45, 2.75) is 31.8 Å². The van der Waals surface area contributed by atoms with Crippen LogP contribution in [0.1, 0.15) is 25.3 Å². The van der Waals surface area contributed by atoms with E-state index in [4.69, 9.17) is 0 Å². The third-order valence-corrected chi connectivity index (χ3v) is 3.58. The average molecular weight is 273 g/mol. The fourth-order valence-electron chi connectivity index (χ4n) is 2.41. The molecule has 1 saturated carbocycles. The predicted molar refractivity (Wildman–Crippen MR) is 61.2 cm³/mol. The Hall–Kier alpha value is -0.410. The molecule has 0 radical (unpaired) electrons. The lowest BCUT2D eigenvalue weighted by Gasteiger charge is -2.42. The van der Waals surface area contributed by atoms with Crippen molar-refractivity contribution in [1.82, 2.24) is 0 Å². The van der Waals surface area contributed by atoms with Crippen LogP contribution in [0.2, 0.25) is 0 Å². The van der Waals surface area contributed by atoms with Gasteiger partial charge in [-0.1, -0.05) is 13.0 Å². The Morgan fingerprint density at radius 1 is 1.53 bits per heavy atom. The Morgan fingerprint density at radius 2 is 2.20 bits per heavy atom. The monoisotopic (exact) mass is 272 g/mol. The van der Waals surface area contributed by atoms with Gasteiger partial charge in [0, 0.05) is 6.42 Å². The van der Waals surface area contributed by atoms with Crippen molar-refractivity contribution < 1.29 is 9.50 Å². The summed E-state index contributed by atoms with van der Waals surface area (Å²) >= 11 is 3.15. The highest BCUT2D eigenvalue weighted by molar-refractivity contribution is 9.10. The van der Waals surface area contributed by atoms with Gasteiger partial charge in [0.25, 0.3) is 0 Å². The van der Waals surface area contributed by atoms with Crippen LogP contribution in [0.15, 0.2) is 22.7 Å². The van der Waals surface area contributed by atoms with Gasteiger partial charge in [-0.15, -0.1) is 0 Å². The van der Waals surface area contributed by atoms with Crippen molar-refractivity contribution in [2.24, 2.45) is 5.92 Å². The van der Waals surface area contributed by atoms with E-state index in [-0.39, 0.29) is 5.82 Å². The van der Waals surface area contributed by atoms with Crippen LogP contribution < -0.4 is 0 Å². The van der Waals surface area contributed by atoms with Crippen molar-refractivity contribution in [1.29, 1.82) is 0 Å². The lowest BCUT2D eigenvalue weighted by molar-refractivity contribution is -0.0666. The third-order valence-electron chi connectivity index (χ3n) is 2.97. The first-order valence-electron chi connectivity index (χ1n) is 5.15. The first kappa shape index (κ1) is 11.1. The van der Waals surface area contributed by atoms with Gasteiger partial charge in [-0.2, -0.15) is 0 Å². The molecule has 0 aliphatic heterocycles. The quantitative estimate of drug-likeness (QED) is 0.876. The topological polar surface area (TPSA) is 20.2 Å². The Labute approximate surface area is 97.4 Å². The summed E-state index contributed by atoms with van der Waals surface area (Å²) in [5.41, 5.74) is 0.425. The van der Waals surface area contributed by atoms with Gasteiger partial charge in [-0.3, -0.25) is 0 Å². The molecule has 1 fully saturated rings. The van der Waals surface area contributed by atoms with Gasteiger partial charge in [0.15, 0.2) is 0 Å². The second kappa shape index (κ2) is 3.87. The van der Waals surface area contributed by atoms with E-state index in [9.17, 15) is 9.50 Å². The summed E-state index contributed by atoms with van der Waals surface area (Å²) in [6.45, 7) is 2.13. The highest BCUT2D eigenvalue weighted by Crippen LogP contribution is 2.39. The number of aliphatic hydroxyl groups is 1. The number of rotatable bonds is 2. The summed E-state index contributed by atoms with van der Waals surface area (Å²) in [6, 6.07) is 4.92. The standard InChI is InChI=1S/C12H14BrFO/c1-8-5-12(15,6-8)7-9-2-3-11(14)10(13)4-9/h2-4,8,15H,5-7H2,1H3. The molecule has 0 unspecified atom stereocenters. The van der Waals surface area contributed by atoms with Crippen molar-refractivity contribution in [3.05, 3.63) is 34.1 Å². The van der Waals surface area contributed by atoms with Gasteiger partial charge in [-0.05, 0) is 52.4 Å². The molecule has 0 saturated heterocycles. The maximum Gasteiger partial charge on any atom is 0.137 e. The van der Waals surface area contributed by atoms with Crippen LogP contribution in [-0.4, -0.2) is 10.7 Å². The van der Waals surface area contributed by atoms with E-state index in [1.54, 1.807) is 12.1 Å². The fraction of sp³-hybridized carbons (Fsp3) is 0.500. The lowest BCUT2D eigenvalue weighted by Crippen LogP contribution is -2.44. The average Bonchev–Trinajstić information content (AvgIpc) is 2.09. The largest absolute Gasteiger partial charge is 0.390 e. The number of hydrogen-bond donors (Lipinski definition) is 1. The zero-order valence-corrected chi connectivity index (χ0v) is 10.2. The van der Waals surface area contributed by atoms with Crippen LogP contribution in [-0.2, 0) is 6.42 Å². The van der Waals surface area contributed by atoms with Gasteiger partial charge >= 0.3 is 0 Å². The van der Waals surface area contributed by atoms with Crippen molar-refractivity contribution in [3.8, 4) is 0 Å². The molecule has 82 valence electrons. The third kappa shape index (κ3) is 2.40. The maximum absolute atomic E-state index is 13.0. The van der Waals surface area contributed by atoms with Crippen LogP contribution in [0.4, 0.5) is 4.39 Å². The smallest absolute Gasteiger partial charge is 0.137 e. The van der Waals surface area contributed by atoms with Crippen LogP contribution in [0.3, 0.4) is 0 Å². The first-order valence-corrected chi connectivity index (χ1v) is 5.94. The molecule has 0 spiro atoms. The Kier molecular flexibility index (Phi) is 2.86. The predicted octanol–water partition coefficient (Wildman–Crippen LogP) is 3.29. The molecule has 1 aromatic rings.